The smallest absolute Gasteiger partial charge is 0.275 e. The molecule has 7 nitrogen and oxygen atoms in total. The second kappa shape index (κ2) is 9.16. The first-order valence-corrected chi connectivity index (χ1v) is 9.60. The fourth-order valence-corrected chi connectivity index (χ4v) is 3.11. The zero-order valence-electron chi connectivity index (χ0n) is 17.3. The maximum Gasteiger partial charge on any atom is 0.275 e. The molecule has 2 rings (SSSR count). The maximum absolute atomic E-state index is 12.2. The first kappa shape index (κ1) is 21.8. The van der Waals surface area contributed by atoms with Gasteiger partial charge in [-0.15, -0.1) is 11.7 Å². The number of quaternary nitrogens is 1. The summed E-state index contributed by atoms with van der Waals surface area (Å²) in [6.45, 7) is 11.1. The maximum atomic E-state index is 12.2. The highest BCUT2D eigenvalue weighted by molar-refractivity contribution is 7.71. The van der Waals surface area contributed by atoms with Crippen molar-refractivity contribution < 1.29 is 14.4 Å². The largest absolute Gasteiger partial charge is 0.497 e. The van der Waals surface area contributed by atoms with Crippen LogP contribution in [0.1, 0.15) is 20.8 Å². The van der Waals surface area contributed by atoms with Crippen molar-refractivity contribution in [3.63, 3.8) is 0 Å². The summed E-state index contributed by atoms with van der Waals surface area (Å²) in [5, 5.41) is 7.69. The molecule has 0 saturated heterocycles. The highest BCUT2D eigenvalue weighted by Crippen LogP contribution is 2.21. The van der Waals surface area contributed by atoms with Gasteiger partial charge in [-0.2, -0.15) is 4.68 Å². The zero-order chi connectivity index (χ0) is 20.9. The van der Waals surface area contributed by atoms with Crippen LogP contribution in [0.2, 0.25) is 0 Å². The van der Waals surface area contributed by atoms with E-state index in [4.69, 9.17) is 22.1 Å². The van der Waals surface area contributed by atoms with Crippen molar-refractivity contribution in [1.82, 2.24) is 19.7 Å². The van der Waals surface area contributed by atoms with Crippen LogP contribution in [0.3, 0.4) is 0 Å². The topological polar surface area (TPSA) is 65.5 Å². The lowest BCUT2D eigenvalue weighted by molar-refractivity contribution is -0.895. The van der Waals surface area contributed by atoms with E-state index >= 15 is 0 Å². The van der Waals surface area contributed by atoms with Crippen molar-refractivity contribution in [2.75, 3.05) is 20.7 Å². The number of aromatic nitrogens is 3. The van der Waals surface area contributed by atoms with E-state index < -0.39 is 0 Å². The zero-order valence-corrected chi connectivity index (χ0v) is 18.1. The third kappa shape index (κ3) is 5.77. The summed E-state index contributed by atoms with van der Waals surface area (Å²) in [4.78, 5) is 13.2. The molecule has 0 aliphatic carbocycles. The molecule has 1 heterocycles. The van der Waals surface area contributed by atoms with E-state index in [-0.39, 0.29) is 11.4 Å². The first-order chi connectivity index (χ1) is 13.1. The van der Waals surface area contributed by atoms with Crippen LogP contribution in [-0.2, 0) is 18.0 Å². The van der Waals surface area contributed by atoms with Gasteiger partial charge < -0.3 is 15.0 Å². The average Bonchev–Trinajstić information content (AvgIpc) is 2.90. The van der Waals surface area contributed by atoms with Crippen LogP contribution in [0.15, 0.2) is 36.9 Å². The van der Waals surface area contributed by atoms with Crippen molar-refractivity contribution in [3.05, 3.63) is 41.7 Å². The Hall–Kier alpha value is -2.45. The number of likely N-dealkylation sites (N-methyl/N-ethyl adjacent to an activating group) is 1. The Bertz CT molecular complexity index is 877. The third-order valence-corrected chi connectivity index (χ3v) is 4.41. The number of benzene rings is 1. The van der Waals surface area contributed by atoms with Crippen molar-refractivity contribution in [2.45, 2.75) is 39.5 Å². The molecule has 0 aliphatic rings. The van der Waals surface area contributed by atoms with Gasteiger partial charge in [0, 0.05) is 17.6 Å². The number of allylic oxidation sites excluding steroid dienone is 1. The second-order valence-corrected chi connectivity index (χ2v) is 8.19. The molecule has 1 aromatic heterocycles. The Kier molecular flexibility index (Phi) is 7.15. The predicted molar refractivity (Wildman–Crippen MR) is 113 cm³/mol. The number of hydrogen-bond acceptors (Lipinski definition) is 4. The minimum absolute atomic E-state index is 0.00239. The molecule has 28 heavy (non-hydrogen) atoms. The van der Waals surface area contributed by atoms with Gasteiger partial charge in [0.1, 0.15) is 5.75 Å². The average molecular weight is 405 g/mol. The molecule has 2 N–H and O–H groups in total. The van der Waals surface area contributed by atoms with Gasteiger partial charge in [0.15, 0.2) is 19.0 Å². The van der Waals surface area contributed by atoms with Gasteiger partial charge in [-0.05, 0) is 57.3 Å². The quantitative estimate of drug-likeness (QED) is 0.519. The first-order valence-electron chi connectivity index (χ1n) is 9.20. The molecular weight excluding hydrogens is 374 g/mol. The number of methoxy groups -OCH3 is 1. The van der Waals surface area contributed by atoms with Crippen LogP contribution in [0.4, 0.5) is 0 Å². The summed E-state index contributed by atoms with van der Waals surface area (Å²) in [6.07, 6.45) is 1.79. The highest BCUT2D eigenvalue weighted by atomic mass is 32.1. The molecule has 0 radical (unpaired) electrons. The summed E-state index contributed by atoms with van der Waals surface area (Å²) in [5.41, 5.74) is 0.691. The number of rotatable bonds is 8. The molecule has 0 bridgehead atoms. The third-order valence-electron chi connectivity index (χ3n) is 3.98. The lowest BCUT2D eigenvalue weighted by atomic mass is 10.1. The molecular formula is C20H30N5O2S+. The van der Waals surface area contributed by atoms with Crippen molar-refractivity contribution in [3.8, 4) is 17.1 Å². The summed E-state index contributed by atoms with van der Waals surface area (Å²) < 4.78 is 9.52. The molecule has 0 aliphatic heterocycles. The molecule has 0 saturated carbocycles. The number of carbonyl (C=O) groups is 1. The summed E-state index contributed by atoms with van der Waals surface area (Å²) in [7, 11) is 3.58. The van der Waals surface area contributed by atoms with Crippen LogP contribution in [0.5, 0.6) is 5.75 Å². The Morgan fingerprint density at radius 3 is 2.54 bits per heavy atom. The minimum atomic E-state index is -0.249. The minimum Gasteiger partial charge on any atom is -0.497 e. The molecule has 0 spiro atoms. The lowest BCUT2D eigenvalue weighted by Crippen LogP contribution is -3.09. The Labute approximate surface area is 171 Å². The number of nitrogens with one attached hydrogen (secondary N) is 2. The van der Waals surface area contributed by atoms with Gasteiger partial charge in [0.05, 0.1) is 14.2 Å². The normalized spacial score (nSPS) is 12.5. The Morgan fingerprint density at radius 1 is 1.36 bits per heavy atom. The van der Waals surface area contributed by atoms with Crippen LogP contribution in [-0.4, -0.2) is 46.5 Å². The van der Waals surface area contributed by atoms with Crippen LogP contribution in [0, 0.1) is 4.77 Å². The predicted octanol–water partition coefficient (Wildman–Crippen LogP) is 1.66. The van der Waals surface area contributed by atoms with E-state index in [1.807, 2.05) is 56.7 Å². The van der Waals surface area contributed by atoms with Gasteiger partial charge >= 0.3 is 0 Å². The Balaban J connectivity index is 2.24. The molecule has 1 atom stereocenters. The number of carbonyl (C=O) groups excluding carboxylic acids is 1. The highest BCUT2D eigenvalue weighted by Gasteiger charge is 2.19. The standard InChI is InChI=1S/C20H29N5O2S/c1-7-12-24-18(15-8-10-16(27-6)11-9-15)22-25(19(24)28)14-23(5)13-17(26)21-20(2,3)4/h7-11H,1,12-14H2,2-6H3,(H,21,26)/p+1. The molecule has 1 unspecified atom stereocenters. The van der Waals surface area contributed by atoms with E-state index in [1.54, 1.807) is 17.9 Å². The number of ether oxygens (including phenoxy) is 1. The molecule has 1 aromatic carbocycles. The summed E-state index contributed by atoms with van der Waals surface area (Å²) >= 11 is 5.62. The SMILES string of the molecule is C=CCn1c(-c2ccc(OC)cc2)nn(C[NH+](C)CC(=O)NC(C)(C)C)c1=S. The number of hydrogen-bond donors (Lipinski definition) is 2. The van der Waals surface area contributed by atoms with Gasteiger partial charge in [0.25, 0.3) is 5.91 Å². The monoisotopic (exact) mass is 404 g/mol. The summed E-state index contributed by atoms with van der Waals surface area (Å²) in [6, 6.07) is 7.69. The van der Waals surface area contributed by atoms with Gasteiger partial charge in [-0.25, -0.2) is 0 Å². The van der Waals surface area contributed by atoms with Crippen molar-refractivity contribution in [1.29, 1.82) is 0 Å². The van der Waals surface area contributed by atoms with Crippen LogP contribution in [0.25, 0.3) is 11.4 Å². The molecule has 0 fully saturated rings. The summed E-state index contributed by atoms with van der Waals surface area (Å²) in [5.74, 6) is 1.54. The van der Waals surface area contributed by atoms with Crippen LogP contribution < -0.4 is 15.0 Å². The lowest BCUT2D eigenvalue weighted by Gasteiger charge is -2.21. The second-order valence-electron chi connectivity index (χ2n) is 7.82. The molecule has 8 heteroatoms. The number of amides is 1. The van der Waals surface area contributed by atoms with Crippen molar-refractivity contribution in [2.24, 2.45) is 0 Å². The molecule has 1 amide bonds. The van der Waals surface area contributed by atoms with Gasteiger partial charge in [-0.1, -0.05) is 6.08 Å². The van der Waals surface area contributed by atoms with E-state index in [0.717, 1.165) is 22.0 Å². The van der Waals surface area contributed by atoms with Crippen LogP contribution >= 0.6 is 12.2 Å². The molecule has 152 valence electrons. The van der Waals surface area contributed by atoms with E-state index in [0.29, 0.717) is 24.5 Å². The van der Waals surface area contributed by atoms with E-state index in [2.05, 4.69) is 11.9 Å². The van der Waals surface area contributed by atoms with Crippen molar-refractivity contribution >= 4 is 18.1 Å². The fourth-order valence-electron chi connectivity index (χ4n) is 2.84. The van der Waals surface area contributed by atoms with Gasteiger partial charge in [0.2, 0.25) is 4.77 Å². The van der Waals surface area contributed by atoms with E-state index in [9.17, 15) is 4.79 Å². The van der Waals surface area contributed by atoms with E-state index in [1.165, 1.54) is 0 Å². The fraction of sp³-hybridized carbons (Fsp3) is 0.450. The Morgan fingerprint density at radius 2 is 2.00 bits per heavy atom. The van der Waals surface area contributed by atoms with Gasteiger partial charge in [-0.3, -0.25) is 9.36 Å². The molecule has 2 aromatic rings. The number of nitrogens with zero attached hydrogens (tertiary/aromatic N) is 3.